The topological polar surface area (TPSA) is 275 Å². The lowest BCUT2D eigenvalue weighted by Gasteiger charge is -2.45. The molecule has 0 aliphatic carbocycles. The molecule has 3 heterocycles. The fourth-order valence-electron chi connectivity index (χ4n) is 5.12. The Morgan fingerprint density at radius 1 is 0.848 bits per heavy atom. The van der Waals surface area contributed by atoms with Crippen molar-refractivity contribution < 1.29 is 78.9 Å². The Balaban J connectivity index is 1.40. The summed E-state index contributed by atoms with van der Waals surface area (Å²) in [5, 5.41) is 93.5. The summed E-state index contributed by atoms with van der Waals surface area (Å²) >= 11 is 0. The molecule has 17 nitrogen and oxygen atoms in total. The Morgan fingerprint density at radius 2 is 1.57 bits per heavy atom. The van der Waals surface area contributed by atoms with E-state index in [9.17, 15) is 55.5 Å². The molecule has 0 spiro atoms. The standard InChI is InChI=1S/C29H32O17/c1-9-19(34)27(46-28-24(39)22(37)20(35)17(45-28)8-41-10(2)30)25(40)29(42-9)44-15-5-11(3-4-13(15)32)26-23(38)21(36)18-14(33)6-12(31)7-16(18)43-26/h3-7,9,17,19-20,22,24-25,27-29,31-35,37-40H,8H2,1-2H3/t9-,17+,19-,20-,22-,24+,25+,27+,28+,29?/m0/s1. The second-order valence-electron chi connectivity index (χ2n) is 10.9. The zero-order chi connectivity index (χ0) is 33.6. The third-order valence-corrected chi connectivity index (χ3v) is 7.59. The van der Waals surface area contributed by atoms with Crippen LogP contribution in [0.1, 0.15) is 13.8 Å². The van der Waals surface area contributed by atoms with Gasteiger partial charge in [-0.25, -0.2) is 0 Å². The second kappa shape index (κ2) is 12.9. The summed E-state index contributed by atoms with van der Waals surface area (Å²) in [6, 6.07) is 5.41. The van der Waals surface area contributed by atoms with E-state index in [1.54, 1.807) is 0 Å². The first kappa shape index (κ1) is 33.2. The monoisotopic (exact) mass is 652 g/mol. The van der Waals surface area contributed by atoms with Crippen LogP contribution in [0.15, 0.2) is 39.5 Å². The minimum atomic E-state index is -1.87. The van der Waals surface area contributed by atoms with Crippen LogP contribution in [0.3, 0.4) is 0 Å². The van der Waals surface area contributed by atoms with Gasteiger partial charge in [0.15, 0.2) is 23.5 Å². The van der Waals surface area contributed by atoms with E-state index in [0.29, 0.717) is 0 Å². The number of benzene rings is 2. The smallest absolute Gasteiger partial charge is 0.302 e. The maximum atomic E-state index is 12.8. The predicted molar refractivity (Wildman–Crippen MR) is 150 cm³/mol. The van der Waals surface area contributed by atoms with Gasteiger partial charge in [0.25, 0.3) is 0 Å². The molecule has 2 aromatic carbocycles. The minimum absolute atomic E-state index is 0.0246. The minimum Gasteiger partial charge on any atom is -0.508 e. The Bertz CT molecular complexity index is 1650. The lowest BCUT2D eigenvalue weighted by atomic mass is 9.97. The molecule has 3 aromatic rings. The van der Waals surface area contributed by atoms with Gasteiger partial charge in [-0.15, -0.1) is 0 Å². The highest BCUT2D eigenvalue weighted by atomic mass is 16.7. The fourth-order valence-corrected chi connectivity index (χ4v) is 5.12. The summed E-state index contributed by atoms with van der Waals surface area (Å²) in [6.45, 7) is 1.99. The number of aliphatic hydroxyl groups excluding tert-OH is 5. The van der Waals surface area contributed by atoms with Gasteiger partial charge in [0, 0.05) is 24.6 Å². The summed E-state index contributed by atoms with van der Waals surface area (Å²) in [5.74, 6) is -3.95. The predicted octanol–water partition coefficient (Wildman–Crippen LogP) is -1.12. The van der Waals surface area contributed by atoms with Gasteiger partial charge in [0.2, 0.25) is 17.5 Å². The van der Waals surface area contributed by atoms with Gasteiger partial charge in [-0.1, -0.05) is 0 Å². The lowest BCUT2D eigenvalue weighted by Crippen LogP contribution is -2.64. The van der Waals surface area contributed by atoms with Crippen LogP contribution in [0.5, 0.6) is 28.7 Å². The van der Waals surface area contributed by atoms with E-state index in [4.69, 9.17) is 28.1 Å². The van der Waals surface area contributed by atoms with Gasteiger partial charge in [0.05, 0.1) is 6.10 Å². The number of phenols is 3. The van der Waals surface area contributed by atoms with Crippen molar-refractivity contribution >= 4 is 16.9 Å². The number of aromatic hydroxyl groups is 4. The highest BCUT2D eigenvalue weighted by molar-refractivity contribution is 5.88. The molecule has 5 rings (SSSR count). The maximum Gasteiger partial charge on any atom is 0.302 e. The lowest BCUT2D eigenvalue weighted by molar-refractivity contribution is -0.350. The normalized spacial score (nSPS) is 31.5. The van der Waals surface area contributed by atoms with Crippen molar-refractivity contribution in [3.63, 3.8) is 0 Å². The van der Waals surface area contributed by atoms with Crippen LogP contribution in [0.4, 0.5) is 0 Å². The molecule has 0 radical (unpaired) electrons. The highest BCUT2D eigenvalue weighted by Crippen LogP contribution is 2.39. The molecule has 1 unspecified atom stereocenters. The molecule has 0 bridgehead atoms. The molecule has 0 saturated carbocycles. The summed E-state index contributed by atoms with van der Waals surface area (Å²) in [4.78, 5) is 24.0. The molecule has 2 aliphatic heterocycles. The van der Waals surface area contributed by atoms with Crippen molar-refractivity contribution in [2.75, 3.05) is 6.61 Å². The van der Waals surface area contributed by atoms with E-state index in [1.807, 2.05) is 0 Å². The molecule has 46 heavy (non-hydrogen) atoms. The van der Waals surface area contributed by atoms with E-state index >= 15 is 0 Å². The van der Waals surface area contributed by atoms with Crippen LogP contribution in [-0.2, 0) is 23.7 Å². The van der Waals surface area contributed by atoms with Crippen molar-refractivity contribution in [3.05, 3.63) is 40.6 Å². The number of hydrogen-bond acceptors (Lipinski definition) is 17. The largest absolute Gasteiger partial charge is 0.508 e. The number of carbonyl (C=O) groups is 1. The summed E-state index contributed by atoms with van der Waals surface area (Å²) in [6.07, 6.45) is -16.2. The van der Waals surface area contributed by atoms with E-state index < -0.39 is 114 Å². The van der Waals surface area contributed by atoms with Gasteiger partial charge in [-0.3, -0.25) is 9.59 Å². The molecule has 2 fully saturated rings. The molecule has 1 aromatic heterocycles. The Kier molecular flexibility index (Phi) is 9.30. The molecule has 9 N–H and O–H groups in total. The highest BCUT2D eigenvalue weighted by Gasteiger charge is 2.51. The third-order valence-electron chi connectivity index (χ3n) is 7.59. The van der Waals surface area contributed by atoms with Crippen molar-refractivity contribution in [1.82, 2.24) is 0 Å². The number of aliphatic hydroxyl groups is 5. The zero-order valence-electron chi connectivity index (χ0n) is 24.2. The van der Waals surface area contributed by atoms with E-state index in [0.717, 1.165) is 31.2 Å². The first-order chi connectivity index (χ1) is 21.7. The van der Waals surface area contributed by atoms with E-state index in [-0.39, 0.29) is 16.9 Å². The molecular weight excluding hydrogens is 620 g/mol. The van der Waals surface area contributed by atoms with Crippen LogP contribution >= 0.6 is 0 Å². The van der Waals surface area contributed by atoms with Gasteiger partial charge in [-0.05, 0) is 25.1 Å². The molecular formula is C29H32O17. The number of fused-ring (bicyclic) bond motifs is 1. The number of rotatable bonds is 7. The Labute approximate surface area is 258 Å². The number of phenolic OH excluding ortho intramolecular Hbond substituents is 3. The van der Waals surface area contributed by atoms with Crippen LogP contribution in [-0.4, -0.2) is 120 Å². The van der Waals surface area contributed by atoms with E-state index in [2.05, 4.69) is 0 Å². The Hall–Kier alpha value is -4.20. The molecule has 10 atom stereocenters. The van der Waals surface area contributed by atoms with Crippen molar-refractivity contribution in [1.29, 1.82) is 0 Å². The first-order valence-electron chi connectivity index (χ1n) is 13.9. The van der Waals surface area contributed by atoms with Gasteiger partial charge in [0.1, 0.15) is 71.8 Å². The summed E-state index contributed by atoms with van der Waals surface area (Å²) in [5.41, 5.74) is -1.30. The fraction of sp³-hybridized carbons (Fsp3) is 0.448. The van der Waals surface area contributed by atoms with Crippen LogP contribution in [0.25, 0.3) is 22.3 Å². The van der Waals surface area contributed by atoms with Crippen LogP contribution in [0, 0.1) is 0 Å². The SMILES string of the molecule is CC(=O)OC[C@H]1O[C@H](O[C@@H]2[C@@H](O)[C@H](C)OC(Oc3cc(-c4oc5cc(O)cc(O)c5c(=O)c4O)ccc3O)[C@@H]2O)[C@H](O)[C@@H](O)[C@H]1O. The van der Waals surface area contributed by atoms with Crippen molar-refractivity contribution in [2.45, 2.75) is 75.3 Å². The number of ether oxygens (including phenoxy) is 5. The number of esters is 1. The van der Waals surface area contributed by atoms with Crippen LogP contribution < -0.4 is 10.2 Å². The molecule has 2 aliphatic rings. The molecule has 0 amide bonds. The molecule has 250 valence electrons. The van der Waals surface area contributed by atoms with Gasteiger partial charge >= 0.3 is 5.97 Å². The quantitative estimate of drug-likeness (QED) is 0.137. The maximum absolute atomic E-state index is 12.8. The second-order valence-corrected chi connectivity index (χ2v) is 10.9. The van der Waals surface area contributed by atoms with Crippen LogP contribution in [0.2, 0.25) is 0 Å². The molecule has 17 heteroatoms. The van der Waals surface area contributed by atoms with Crippen molar-refractivity contribution in [3.8, 4) is 40.1 Å². The third kappa shape index (κ3) is 6.26. The average Bonchev–Trinajstić information content (AvgIpc) is 2.99. The van der Waals surface area contributed by atoms with E-state index in [1.165, 1.54) is 13.0 Å². The molecule has 2 saturated heterocycles. The van der Waals surface area contributed by atoms with Gasteiger partial charge < -0.3 is 74.1 Å². The van der Waals surface area contributed by atoms with Crippen molar-refractivity contribution in [2.24, 2.45) is 0 Å². The number of carbonyl (C=O) groups excluding carboxylic acids is 1. The number of hydrogen-bond donors (Lipinski definition) is 9. The van der Waals surface area contributed by atoms with Gasteiger partial charge in [-0.2, -0.15) is 0 Å². The summed E-state index contributed by atoms with van der Waals surface area (Å²) in [7, 11) is 0. The zero-order valence-corrected chi connectivity index (χ0v) is 24.2. The summed E-state index contributed by atoms with van der Waals surface area (Å²) < 4.78 is 32.8. The first-order valence-corrected chi connectivity index (χ1v) is 13.9. The Morgan fingerprint density at radius 3 is 2.26 bits per heavy atom. The average molecular weight is 653 g/mol.